The number of hydrogen-bond donors (Lipinski definition) is 3. The average Bonchev–Trinajstić information content (AvgIpc) is 2.69. The molecule has 29 heavy (non-hydrogen) atoms. The minimum absolute atomic E-state index is 0.0359. The lowest BCUT2D eigenvalue weighted by Crippen LogP contribution is -2.55. The van der Waals surface area contributed by atoms with Crippen LogP contribution in [0.15, 0.2) is 18.2 Å². The minimum Gasteiger partial charge on any atom is -0.507 e. The summed E-state index contributed by atoms with van der Waals surface area (Å²) in [6.07, 6.45) is 6.60. The number of ether oxygens (including phenoxy) is 2. The van der Waals surface area contributed by atoms with Gasteiger partial charge in [0.2, 0.25) is 0 Å². The lowest BCUT2D eigenvalue weighted by Gasteiger charge is -2.44. The molecule has 3 heterocycles. The summed E-state index contributed by atoms with van der Waals surface area (Å²) in [6, 6.07) is 5.53. The Hall–Kier alpha value is -2.22. The van der Waals surface area contributed by atoms with Crippen LogP contribution in [0.1, 0.15) is 48.8 Å². The Morgan fingerprint density at radius 2 is 1.86 bits per heavy atom. The predicted octanol–water partition coefficient (Wildman–Crippen LogP) is 2.89. The second kappa shape index (κ2) is 8.26. The number of phenolic OH excluding ortho intramolecular Hbond substituents is 1. The molecule has 1 saturated heterocycles. The Kier molecular flexibility index (Phi) is 5.72. The van der Waals surface area contributed by atoms with Gasteiger partial charge in [0.1, 0.15) is 17.0 Å². The quantitative estimate of drug-likeness (QED) is 0.676. The highest BCUT2D eigenvalue weighted by Gasteiger charge is 2.44. The van der Waals surface area contributed by atoms with Gasteiger partial charge in [0, 0.05) is 17.5 Å². The predicted molar refractivity (Wildman–Crippen MR) is 109 cm³/mol. The van der Waals surface area contributed by atoms with Crippen molar-refractivity contribution in [1.82, 2.24) is 10.2 Å². The van der Waals surface area contributed by atoms with Crippen molar-refractivity contribution < 1.29 is 19.7 Å². The lowest BCUT2D eigenvalue weighted by atomic mass is 9.85. The van der Waals surface area contributed by atoms with Crippen LogP contribution in [0.4, 0.5) is 5.82 Å². The van der Waals surface area contributed by atoms with E-state index >= 15 is 0 Å². The molecule has 1 aromatic carbocycles. The van der Waals surface area contributed by atoms with E-state index in [4.69, 9.17) is 20.3 Å². The molecular weight excluding hydrogens is 370 g/mol. The largest absolute Gasteiger partial charge is 0.507 e. The Bertz CT molecular complexity index is 877. The van der Waals surface area contributed by atoms with E-state index in [0.29, 0.717) is 43.3 Å². The number of fused-ring (bicyclic) bond motifs is 1. The maximum atomic E-state index is 10.3. The maximum absolute atomic E-state index is 10.3. The van der Waals surface area contributed by atoms with Crippen LogP contribution in [-0.2, 0) is 22.5 Å². The topological polar surface area (TPSA) is 111 Å². The van der Waals surface area contributed by atoms with Gasteiger partial charge >= 0.3 is 0 Å². The van der Waals surface area contributed by atoms with E-state index in [1.165, 1.54) is 19.3 Å². The molecule has 0 atom stereocenters. The highest BCUT2D eigenvalue weighted by Crippen LogP contribution is 2.40. The van der Waals surface area contributed by atoms with Gasteiger partial charge in [-0.3, -0.25) is 0 Å². The SMILES string of the molecule is Cc1ccc(-c2nnc(N)c3c2CC2(COC2)OC3)c(O)c1.OC1CCCCC1. The van der Waals surface area contributed by atoms with E-state index in [1.807, 2.05) is 19.1 Å². The highest BCUT2D eigenvalue weighted by atomic mass is 16.6. The molecule has 0 unspecified atom stereocenters. The fourth-order valence-electron chi connectivity index (χ4n) is 4.13. The number of nitrogens with two attached hydrogens (primary N) is 1. The van der Waals surface area contributed by atoms with Crippen LogP contribution in [0, 0.1) is 6.92 Å². The van der Waals surface area contributed by atoms with Crippen LogP contribution < -0.4 is 5.73 Å². The molecule has 5 rings (SSSR count). The number of anilines is 1. The summed E-state index contributed by atoms with van der Waals surface area (Å²) < 4.78 is 11.2. The summed E-state index contributed by atoms with van der Waals surface area (Å²) in [5.74, 6) is 0.590. The summed E-state index contributed by atoms with van der Waals surface area (Å²) >= 11 is 0. The minimum atomic E-state index is -0.280. The van der Waals surface area contributed by atoms with Crippen molar-refractivity contribution >= 4 is 5.82 Å². The van der Waals surface area contributed by atoms with Gasteiger partial charge in [0.15, 0.2) is 5.82 Å². The fraction of sp³-hybridized carbons (Fsp3) is 0.545. The van der Waals surface area contributed by atoms with Gasteiger partial charge in [-0.2, -0.15) is 0 Å². The molecular formula is C22H29N3O4. The Balaban J connectivity index is 0.000000249. The van der Waals surface area contributed by atoms with Crippen molar-refractivity contribution in [2.45, 2.75) is 63.8 Å². The molecule has 0 amide bonds. The third-order valence-corrected chi connectivity index (χ3v) is 5.95. The molecule has 7 heteroatoms. The molecule has 1 saturated carbocycles. The number of aryl methyl sites for hydroxylation is 1. The van der Waals surface area contributed by atoms with Gasteiger partial charge in [0.25, 0.3) is 0 Å². The van der Waals surface area contributed by atoms with Crippen LogP contribution in [0.5, 0.6) is 5.75 Å². The zero-order valence-corrected chi connectivity index (χ0v) is 16.9. The van der Waals surface area contributed by atoms with E-state index in [0.717, 1.165) is 29.5 Å². The summed E-state index contributed by atoms with van der Waals surface area (Å²) in [6.45, 7) is 3.49. The molecule has 0 radical (unpaired) electrons. The fourth-order valence-corrected chi connectivity index (χ4v) is 4.13. The summed E-state index contributed by atoms with van der Waals surface area (Å²) in [5, 5.41) is 27.4. The first-order valence-corrected chi connectivity index (χ1v) is 10.3. The number of aliphatic hydroxyl groups is 1. The van der Waals surface area contributed by atoms with Crippen molar-refractivity contribution in [3.63, 3.8) is 0 Å². The van der Waals surface area contributed by atoms with E-state index in [1.54, 1.807) is 6.07 Å². The molecule has 2 aromatic rings. The van der Waals surface area contributed by atoms with Crippen LogP contribution >= 0.6 is 0 Å². The third kappa shape index (κ3) is 4.22. The number of benzene rings is 1. The number of aliphatic hydroxyl groups excluding tert-OH is 1. The monoisotopic (exact) mass is 399 g/mol. The third-order valence-electron chi connectivity index (χ3n) is 5.95. The molecule has 4 N–H and O–H groups in total. The average molecular weight is 399 g/mol. The summed E-state index contributed by atoms with van der Waals surface area (Å²) in [4.78, 5) is 0. The molecule has 1 aromatic heterocycles. The van der Waals surface area contributed by atoms with Crippen molar-refractivity contribution in [3.8, 4) is 17.0 Å². The number of nitrogens with zero attached hydrogens (tertiary/aromatic N) is 2. The number of aromatic nitrogens is 2. The smallest absolute Gasteiger partial charge is 0.151 e. The van der Waals surface area contributed by atoms with Crippen molar-refractivity contribution in [2.75, 3.05) is 18.9 Å². The van der Waals surface area contributed by atoms with E-state index in [2.05, 4.69) is 10.2 Å². The van der Waals surface area contributed by atoms with E-state index < -0.39 is 0 Å². The zero-order chi connectivity index (χ0) is 20.4. The Morgan fingerprint density at radius 3 is 2.45 bits per heavy atom. The van der Waals surface area contributed by atoms with Gasteiger partial charge in [-0.25, -0.2) is 0 Å². The second-order valence-electron chi connectivity index (χ2n) is 8.34. The van der Waals surface area contributed by atoms with Gasteiger partial charge in [-0.15, -0.1) is 10.2 Å². The standard InChI is InChI=1S/C16H17N3O3.C6H12O/c1-9-2-3-10(13(20)4-9)14-11-5-16(7-21-8-16)22-6-12(11)15(17)19-18-14;7-6-4-2-1-3-5-6/h2-4,20H,5-8H2,1H3,(H2,17,19);6-7H,1-5H2. The molecule has 156 valence electrons. The number of aromatic hydroxyl groups is 1. The molecule has 2 fully saturated rings. The number of rotatable bonds is 1. The molecule has 0 bridgehead atoms. The molecule has 2 aliphatic heterocycles. The van der Waals surface area contributed by atoms with E-state index in [9.17, 15) is 5.11 Å². The summed E-state index contributed by atoms with van der Waals surface area (Å²) in [5.41, 5.74) is 9.88. The van der Waals surface area contributed by atoms with Gasteiger partial charge in [0.05, 0.1) is 25.9 Å². The first-order chi connectivity index (χ1) is 14.0. The van der Waals surface area contributed by atoms with Crippen molar-refractivity contribution in [1.29, 1.82) is 0 Å². The van der Waals surface area contributed by atoms with E-state index in [-0.39, 0.29) is 17.5 Å². The van der Waals surface area contributed by atoms with Crippen LogP contribution in [0.25, 0.3) is 11.3 Å². The Morgan fingerprint density at radius 1 is 1.10 bits per heavy atom. The van der Waals surface area contributed by atoms with Gasteiger partial charge in [-0.05, 0) is 43.0 Å². The number of hydrogen-bond acceptors (Lipinski definition) is 7. The van der Waals surface area contributed by atoms with Crippen molar-refractivity contribution in [2.24, 2.45) is 0 Å². The normalized spacial score (nSPS) is 20.3. The van der Waals surface area contributed by atoms with Gasteiger partial charge in [-0.1, -0.05) is 25.3 Å². The zero-order valence-electron chi connectivity index (χ0n) is 16.9. The molecule has 7 nitrogen and oxygen atoms in total. The second-order valence-corrected chi connectivity index (χ2v) is 8.34. The summed E-state index contributed by atoms with van der Waals surface area (Å²) in [7, 11) is 0. The van der Waals surface area contributed by atoms with Crippen LogP contribution in [0.3, 0.4) is 0 Å². The van der Waals surface area contributed by atoms with Crippen LogP contribution in [0.2, 0.25) is 0 Å². The van der Waals surface area contributed by atoms with Crippen molar-refractivity contribution in [3.05, 3.63) is 34.9 Å². The number of nitrogen functional groups attached to an aromatic ring is 1. The molecule has 1 spiro atoms. The first-order valence-electron chi connectivity index (χ1n) is 10.3. The van der Waals surface area contributed by atoms with Crippen LogP contribution in [-0.4, -0.2) is 45.3 Å². The molecule has 1 aliphatic carbocycles. The Labute approximate surface area is 170 Å². The lowest BCUT2D eigenvalue weighted by molar-refractivity contribution is -0.220. The number of phenols is 1. The maximum Gasteiger partial charge on any atom is 0.151 e. The first kappa shape index (κ1) is 20.1. The molecule has 3 aliphatic rings. The highest BCUT2D eigenvalue weighted by molar-refractivity contribution is 5.72. The van der Waals surface area contributed by atoms with Gasteiger partial charge < -0.3 is 25.4 Å².